The van der Waals surface area contributed by atoms with Crippen molar-refractivity contribution in [2.24, 2.45) is 0 Å². The van der Waals surface area contributed by atoms with Crippen LogP contribution in [0.5, 0.6) is 0 Å². The lowest BCUT2D eigenvalue weighted by atomic mass is 9.88. The summed E-state index contributed by atoms with van der Waals surface area (Å²) < 4.78 is 1.76. The van der Waals surface area contributed by atoms with E-state index in [0.717, 1.165) is 17.0 Å². The molecule has 0 aliphatic heterocycles. The van der Waals surface area contributed by atoms with Crippen LogP contribution in [0.25, 0.3) is 17.0 Å². The first-order valence-corrected chi connectivity index (χ1v) is 6.31. The molecule has 0 aliphatic carbocycles. The molecule has 0 spiro atoms. The van der Waals surface area contributed by atoms with Crippen LogP contribution in [-0.4, -0.2) is 19.6 Å². The Kier molecular flexibility index (Phi) is 2.59. The first kappa shape index (κ1) is 11.8. The van der Waals surface area contributed by atoms with Crippen molar-refractivity contribution in [1.29, 1.82) is 0 Å². The lowest BCUT2D eigenvalue weighted by molar-refractivity contribution is 0.587. The first-order valence-electron chi connectivity index (χ1n) is 6.31. The number of rotatable bonds is 1. The van der Waals surface area contributed by atoms with Crippen molar-refractivity contribution >= 4 is 5.65 Å². The van der Waals surface area contributed by atoms with Crippen LogP contribution in [0.2, 0.25) is 0 Å². The largest absolute Gasteiger partial charge is 0.254 e. The summed E-state index contributed by atoms with van der Waals surface area (Å²) in [5, 5.41) is 4.47. The molecule has 0 radical (unpaired) electrons. The lowest BCUT2D eigenvalue weighted by Gasteiger charge is -2.18. The molecule has 3 aromatic rings. The Morgan fingerprint density at radius 1 is 1.05 bits per heavy atom. The average Bonchev–Trinajstić information content (AvgIpc) is 2.81. The Labute approximate surface area is 112 Å². The molecule has 0 N–H and O–H groups in total. The fourth-order valence-electron chi connectivity index (χ4n) is 1.94. The second-order valence-corrected chi connectivity index (χ2v) is 5.63. The minimum atomic E-state index is 0.117. The lowest BCUT2D eigenvalue weighted by Crippen LogP contribution is -2.11. The molecule has 3 heterocycles. The van der Waals surface area contributed by atoms with Crippen molar-refractivity contribution in [3.63, 3.8) is 0 Å². The average molecular weight is 252 g/mol. The summed E-state index contributed by atoms with van der Waals surface area (Å²) in [6.45, 7) is 6.54. The monoisotopic (exact) mass is 252 g/mol. The molecule has 4 heteroatoms. The van der Waals surface area contributed by atoms with Crippen LogP contribution in [0.1, 0.15) is 26.3 Å². The number of hydrogen-bond acceptors (Lipinski definition) is 3. The van der Waals surface area contributed by atoms with Gasteiger partial charge in [0.05, 0.1) is 5.69 Å². The van der Waals surface area contributed by atoms with E-state index in [9.17, 15) is 0 Å². The van der Waals surface area contributed by atoms with Crippen LogP contribution in [0.4, 0.5) is 0 Å². The van der Waals surface area contributed by atoms with Gasteiger partial charge in [0.2, 0.25) is 0 Å². The summed E-state index contributed by atoms with van der Waals surface area (Å²) in [5.41, 5.74) is 3.89. The molecular weight excluding hydrogens is 236 g/mol. The van der Waals surface area contributed by atoms with Gasteiger partial charge in [-0.25, -0.2) is 9.50 Å². The van der Waals surface area contributed by atoms with Gasteiger partial charge in [0.15, 0.2) is 5.65 Å². The van der Waals surface area contributed by atoms with E-state index in [1.165, 1.54) is 5.56 Å². The highest BCUT2D eigenvalue weighted by Gasteiger charge is 2.14. The topological polar surface area (TPSA) is 43.1 Å². The highest BCUT2D eigenvalue weighted by molar-refractivity contribution is 5.60. The van der Waals surface area contributed by atoms with Gasteiger partial charge in [0.25, 0.3) is 0 Å². The van der Waals surface area contributed by atoms with E-state index in [0.29, 0.717) is 0 Å². The Balaban J connectivity index is 2.02. The Morgan fingerprint density at radius 2 is 1.89 bits per heavy atom. The van der Waals surface area contributed by atoms with Crippen LogP contribution in [0, 0.1) is 0 Å². The molecule has 0 aromatic carbocycles. The molecule has 0 fully saturated rings. The van der Waals surface area contributed by atoms with E-state index in [4.69, 9.17) is 0 Å². The number of fused-ring (bicyclic) bond motifs is 1. The zero-order valence-corrected chi connectivity index (χ0v) is 11.3. The van der Waals surface area contributed by atoms with E-state index < -0.39 is 0 Å². The maximum atomic E-state index is 4.51. The molecular formula is C15H16N4. The second-order valence-electron chi connectivity index (χ2n) is 5.63. The molecule has 4 nitrogen and oxygen atoms in total. The number of hydrogen-bond donors (Lipinski definition) is 0. The summed E-state index contributed by atoms with van der Waals surface area (Å²) in [4.78, 5) is 8.76. The Hall–Kier alpha value is -2.23. The molecule has 3 rings (SSSR count). The smallest absolute Gasteiger partial charge is 0.155 e. The predicted octanol–water partition coefficient (Wildman–Crippen LogP) is 3.09. The zero-order chi connectivity index (χ0) is 13.5. The predicted molar refractivity (Wildman–Crippen MR) is 74.9 cm³/mol. The van der Waals surface area contributed by atoms with Crippen LogP contribution < -0.4 is 0 Å². The van der Waals surface area contributed by atoms with E-state index in [1.54, 1.807) is 10.7 Å². The van der Waals surface area contributed by atoms with Crippen LogP contribution in [0.3, 0.4) is 0 Å². The molecule has 0 atom stereocenters. The number of pyridine rings is 1. The summed E-state index contributed by atoms with van der Waals surface area (Å²) in [5.74, 6) is 0. The maximum Gasteiger partial charge on any atom is 0.155 e. The number of nitrogens with zero attached hydrogens (tertiary/aromatic N) is 4. The van der Waals surface area contributed by atoms with E-state index in [2.05, 4.69) is 41.9 Å². The fourth-order valence-corrected chi connectivity index (χ4v) is 1.94. The van der Waals surface area contributed by atoms with Gasteiger partial charge in [0.1, 0.15) is 5.69 Å². The molecule has 0 unspecified atom stereocenters. The minimum absolute atomic E-state index is 0.117. The Morgan fingerprint density at radius 3 is 2.53 bits per heavy atom. The molecule has 19 heavy (non-hydrogen) atoms. The molecule has 0 saturated carbocycles. The number of aromatic nitrogens is 4. The van der Waals surface area contributed by atoms with Crippen molar-refractivity contribution in [3.8, 4) is 11.4 Å². The quantitative estimate of drug-likeness (QED) is 0.668. The molecule has 0 saturated heterocycles. The van der Waals surface area contributed by atoms with E-state index in [-0.39, 0.29) is 5.41 Å². The van der Waals surface area contributed by atoms with Crippen molar-refractivity contribution < 1.29 is 0 Å². The summed E-state index contributed by atoms with van der Waals surface area (Å²) in [6.07, 6.45) is 5.57. The summed E-state index contributed by atoms with van der Waals surface area (Å²) in [7, 11) is 0. The molecule has 0 amide bonds. The maximum absolute atomic E-state index is 4.51. The van der Waals surface area contributed by atoms with Gasteiger partial charge in [-0.3, -0.25) is 4.98 Å². The standard InChI is InChI=1S/C15H16N4/c1-15(2,3)11-5-6-12(17-10-11)13-9-14-16-7-4-8-19(14)18-13/h4-10H,1-3H3. The first-order chi connectivity index (χ1) is 9.04. The van der Waals surface area contributed by atoms with Crippen molar-refractivity contribution in [3.05, 3.63) is 48.4 Å². The zero-order valence-electron chi connectivity index (χ0n) is 11.3. The third kappa shape index (κ3) is 2.21. The van der Waals surface area contributed by atoms with Crippen LogP contribution >= 0.6 is 0 Å². The molecule has 96 valence electrons. The Bertz CT molecular complexity index is 672. The van der Waals surface area contributed by atoms with Gasteiger partial charge >= 0.3 is 0 Å². The van der Waals surface area contributed by atoms with Gasteiger partial charge in [0, 0.05) is 24.7 Å². The third-order valence-corrected chi connectivity index (χ3v) is 3.13. The van der Waals surface area contributed by atoms with Gasteiger partial charge in [-0.2, -0.15) is 5.10 Å². The van der Waals surface area contributed by atoms with Gasteiger partial charge in [-0.05, 0) is 23.1 Å². The van der Waals surface area contributed by atoms with E-state index >= 15 is 0 Å². The SMILES string of the molecule is CC(C)(C)c1ccc(-c2cc3ncccn3n2)nc1. The third-order valence-electron chi connectivity index (χ3n) is 3.13. The van der Waals surface area contributed by atoms with E-state index in [1.807, 2.05) is 30.6 Å². The second kappa shape index (κ2) is 4.16. The van der Waals surface area contributed by atoms with Crippen molar-refractivity contribution in [1.82, 2.24) is 19.6 Å². The molecule has 3 aromatic heterocycles. The molecule has 0 aliphatic rings. The summed E-state index contributed by atoms with van der Waals surface area (Å²) in [6, 6.07) is 7.93. The van der Waals surface area contributed by atoms with Gasteiger partial charge in [-0.1, -0.05) is 26.8 Å². The van der Waals surface area contributed by atoms with Crippen molar-refractivity contribution in [2.45, 2.75) is 26.2 Å². The fraction of sp³-hybridized carbons (Fsp3) is 0.267. The van der Waals surface area contributed by atoms with Crippen molar-refractivity contribution in [2.75, 3.05) is 0 Å². The summed E-state index contributed by atoms with van der Waals surface area (Å²) >= 11 is 0. The van der Waals surface area contributed by atoms with Gasteiger partial charge < -0.3 is 0 Å². The normalized spacial score (nSPS) is 11.9. The highest BCUT2D eigenvalue weighted by Crippen LogP contribution is 2.23. The van der Waals surface area contributed by atoms with Gasteiger partial charge in [-0.15, -0.1) is 0 Å². The van der Waals surface area contributed by atoms with Crippen LogP contribution in [-0.2, 0) is 5.41 Å². The highest BCUT2D eigenvalue weighted by atomic mass is 15.2. The van der Waals surface area contributed by atoms with Crippen LogP contribution in [0.15, 0.2) is 42.9 Å². The minimum Gasteiger partial charge on any atom is -0.254 e. The molecule has 0 bridgehead atoms.